The minimum absolute atomic E-state index is 0.246. The van der Waals surface area contributed by atoms with Crippen molar-refractivity contribution in [3.8, 4) is 0 Å². The third-order valence-electron chi connectivity index (χ3n) is 7.90. The highest BCUT2D eigenvalue weighted by atomic mass is 19.1. The van der Waals surface area contributed by atoms with Crippen molar-refractivity contribution in [1.29, 1.82) is 0 Å². The number of aromatic amines is 1. The molecule has 1 aliphatic heterocycles. The first-order valence-electron chi connectivity index (χ1n) is 14.0. The van der Waals surface area contributed by atoms with Crippen LogP contribution in [-0.4, -0.2) is 49.7 Å². The molecule has 0 bridgehead atoms. The second-order valence-corrected chi connectivity index (χ2v) is 11.9. The number of halogens is 1. The minimum Gasteiger partial charge on any atom is -0.388 e. The number of amides is 2. The van der Waals surface area contributed by atoms with Crippen LogP contribution in [0, 0.1) is 25.6 Å². The van der Waals surface area contributed by atoms with Gasteiger partial charge in [0.25, 0.3) is 11.5 Å². The summed E-state index contributed by atoms with van der Waals surface area (Å²) in [5.74, 6) is -1.35. The van der Waals surface area contributed by atoms with E-state index < -0.39 is 35.5 Å². The first kappa shape index (κ1) is 30.1. The molecule has 4 rings (SSSR count). The van der Waals surface area contributed by atoms with Gasteiger partial charge in [0.1, 0.15) is 11.9 Å². The molecule has 2 aromatic carbocycles. The lowest BCUT2D eigenvalue weighted by Crippen LogP contribution is -2.56. The number of H-pyrrole nitrogens is 1. The fourth-order valence-electron chi connectivity index (χ4n) is 5.68. The number of hydrogen-bond donors (Lipinski definition) is 3. The third kappa shape index (κ3) is 6.73. The number of aryl methyl sites for hydroxylation is 2. The molecule has 1 fully saturated rings. The second-order valence-electron chi connectivity index (χ2n) is 11.9. The van der Waals surface area contributed by atoms with E-state index >= 15 is 0 Å². The lowest BCUT2D eigenvalue weighted by molar-refractivity contribution is -0.142. The molecule has 0 unspecified atom stereocenters. The van der Waals surface area contributed by atoms with Gasteiger partial charge in [0.05, 0.1) is 23.4 Å². The van der Waals surface area contributed by atoms with Gasteiger partial charge in [0.15, 0.2) is 0 Å². The minimum atomic E-state index is -1.19. The summed E-state index contributed by atoms with van der Waals surface area (Å²) in [5.41, 5.74) is 2.65. The number of nitrogens with one attached hydrogen (secondary N) is 2. The molecule has 3 atom stereocenters. The summed E-state index contributed by atoms with van der Waals surface area (Å²) in [4.78, 5) is 41.4. The van der Waals surface area contributed by atoms with Crippen molar-refractivity contribution in [2.45, 2.75) is 84.5 Å². The number of nitrogens with zero attached hydrogens (tertiary/aromatic N) is 2. The molecule has 8 nitrogen and oxygen atoms in total. The van der Waals surface area contributed by atoms with E-state index in [9.17, 15) is 23.9 Å². The van der Waals surface area contributed by atoms with Crippen molar-refractivity contribution in [3.63, 3.8) is 0 Å². The van der Waals surface area contributed by atoms with E-state index in [1.165, 1.54) is 12.1 Å². The van der Waals surface area contributed by atoms with Crippen LogP contribution in [0.1, 0.15) is 84.9 Å². The highest BCUT2D eigenvalue weighted by Crippen LogP contribution is 2.41. The maximum atomic E-state index is 14.1. The molecule has 0 saturated carbocycles. The van der Waals surface area contributed by atoms with Gasteiger partial charge < -0.3 is 15.3 Å². The molecule has 3 aromatic rings. The Balaban J connectivity index is 1.58. The molecule has 218 valence electrons. The first-order valence-corrected chi connectivity index (χ1v) is 14.0. The van der Waals surface area contributed by atoms with Gasteiger partial charge in [-0.2, -0.15) is 5.10 Å². The summed E-state index contributed by atoms with van der Waals surface area (Å²) in [6.07, 6.45) is 1.52. The lowest BCUT2D eigenvalue weighted by atomic mass is 9.94. The maximum Gasteiger partial charge on any atom is 0.267 e. The van der Waals surface area contributed by atoms with Crippen LogP contribution in [0.15, 0.2) is 53.3 Å². The maximum absolute atomic E-state index is 14.1. The molecule has 2 amide bonds. The van der Waals surface area contributed by atoms with E-state index in [0.717, 1.165) is 11.1 Å². The number of carbonyl (C=O) groups excluding carboxylic acids is 2. The Morgan fingerprint density at radius 3 is 2.49 bits per heavy atom. The fraction of sp³-hybridized carbons (Fsp3) is 0.438. The van der Waals surface area contributed by atoms with Crippen LogP contribution in [0.2, 0.25) is 0 Å². The van der Waals surface area contributed by atoms with Crippen molar-refractivity contribution >= 4 is 11.8 Å². The highest BCUT2D eigenvalue weighted by molar-refractivity contribution is 5.98. The molecular weight excluding hydrogens is 523 g/mol. The largest absolute Gasteiger partial charge is 0.388 e. The summed E-state index contributed by atoms with van der Waals surface area (Å²) >= 11 is 0. The second kappa shape index (κ2) is 11.9. The van der Waals surface area contributed by atoms with Gasteiger partial charge in [-0.1, -0.05) is 32.0 Å². The van der Waals surface area contributed by atoms with Gasteiger partial charge in [-0.3, -0.25) is 14.4 Å². The summed E-state index contributed by atoms with van der Waals surface area (Å²) in [6.45, 7) is 10.7. The number of aromatic nitrogens is 2. The summed E-state index contributed by atoms with van der Waals surface area (Å²) in [5, 5.41) is 20.3. The monoisotopic (exact) mass is 562 g/mol. The quantitative estimate of drug-likeness (QED) is 0.377. The van der Waals surface area contributed by atoms with E-state index in [1.54, 1.807) is 56.0 Å². The topological polar surface area (TPSA) is 115 Å². The van der Waals surface area contributed by atoms with Crippen molar-refractivity contribution in [3.05, 3.63) is 98.2 Å². The van der Waals surface area contributed by atoms with Gasteiger partial charge in [0, 0.05) is 17.5 Å². The van der Waals surface area contributed by atoms with Gasteiger partial charge in [-0.15, -0.1) is 0 Å². The van der Waals surface area contributed by atoms with Crippen molar-refractivity contribution in [1.82, 2.24) is 20.4 Å². The van der Waals surface area contributed by atoms with Crippen LogP contribution in [0.3, 0.4) is 0 Å². The Bertz CT molecular complexity index is 1490. The van der Waals surface area contributed by atoms with E-state index in [4.69, 9.17) is 0 Å². The lowest BCUT2D eigenvalue weighted by Gasteiger charge is -2.39. The SMILES string of the molecule is Cc1cc(Cc2ccc(C(=O)N[C@@H](C(=O)N3[C@H](c4cccc(F)c4)CC[C@@H]3C(C)(C)O)C(C)C)cc2C)c(=O)[nH]n1. The average molecular weight is 563 g/mol. The van der Waals surface area contributed by atoms with Crippen LogP contribution in [0.5, 0.6) is 0 Å². The Hall–Kier alpha value is -3.85. The summed E-state index contributed by atoms with van der Waals surface area (Å²) < 4.78 is 14.1. The first-order chi connectivity index (χ1) is 19.3. The molecule has 2 heterocycles. The molecular formula is C32H39FN4O4. The molecule has 1 aliphatic rings. The Morgan fingerprint density at radius 1 is 1.12 bits per heavy atom. The number of aliphatic hydroxyl groups is 1. The molecule has 0 aliphatic carbocycles. The standard InChI is InChI=1S/C32H39FN4O4/c1-18(2)28(31(40)37-26(12-13-27(37)32(5,6)41)22-8-7-9-25(33)17-22)34-29(38)23-11-10-21(19(3)14-23)16-24-15-20(4)35-36-30(24)39/h7-11,14-15,17-18,26-28,41H,12-13,16H2,1-6H3,(H,34,38)(H,36,39)/t26-,27+,28+/m0/s1. The van der Waals surface area contributed by atoms with E-state index in [1.807, 2.05) is 26.8 Å². The van der Waals surface area contributed by atoms with Crippen LogP contribution in [0.4, 0.5) is 4.39 Å². The third-order valence-corrected chi connectivity index (χ3v) is 7.90. The fourth-order valence-corrected chi connectivity index (χ4v) is 5.68. The van der Waals surface area contributed by atoms with Crippen LogP contribution in [-0.2, 0) is 11.2 Å². The molecule has 1 saturated heterocycles. The normalized spacial score (nSPS) is 18.0. The zero-order valence-corrected chi connectivity index (χ0v) is 24.5. The van der Waals surface area contributed by atoms with Crippen molar-refractivity contribution in [2.75, 3.05) is 0 Å². The number of carbonyl (C=O) groups is 2. The van der Waals surface area contributed by atoms with Gasteiger partial charge in [-0.05, 0) is 93.5 Å². The van der Waals surface area contributed by atoms with Gasteiger partial charge in [0.2, 0.25) is 5.91 Å². The molecule has 9 heteroatoms. The van der Waals surface area contributed by atoms with Crippen LogP contribution >= 0.6 is 0 Å². The Kier molecular flexibility index (Phi) is 8.77. The van der Waals surface area contributed by atoms with E-state index in [0.29, 0.717) is 41.6 Å². The molecule has 3 N–H and O–H groups in total. The zero-order valence-electron chi connectivity index (χ0n) is 24.5. The zero-order chi connectivity index (χ0) is 30.1. The van der Waals surface area contributed by atoms with Crippen molar-refractivity contribution in [2.24, 2.45) is 5.92 Å². The van der Waals surface area contributed by atoms with Crippen LogP contribution in [0.25, 0.3) is 0 Å². The van der Waals surface area contributed by atoms with Gasteiger partial charge in [-0.25, -0.2) is 9.49 Å². The molecule has 41 heavy (non-hydrogen) atoms. The van der Waals surface area contributed by atoms with E-state index in [-0.39, 0.29) is 17.4 Å². The molecule has 1 aromatic heterocycles. The predicted octanol–water partition coefficient (Wildman–Crippen LogP) is 4.37. The van der Waals surface area contributed by atoms with E-state index in [2.05, 4.69) is 15.5 Å². The number of benzene rings is 2. The summed E-state index contributed by atoms with van der Waals surface area (Å²) in [7, 11) is 0. The van der Waals surface area contributed by atoms with Crippen LogP contribution < -0.4 is 10.9 Å². The smallest absolute Gasteiger partial charge is 0.267 e. The number of rotatable bonds is 8. The average Bonchev–Trinajstić information content (AvgIpc) is 3.36. The highest BCUT2D eigenvalue weighted by Gasteiger charge is 2.46. The Labute approximate surface area is 240 Å². The van der Waals surface area contributed by atoms with Gasteiger partial charge >= 0.3 is 0 Å². The molecule has 0 spiro atoms. The Morgan fingerprint density at radius 2 is 1.85 bits per heavy atom. The predicted molar refractivity (Wildman–Crippen MR) is 155 cm³/mol. The number of hydrogen-bond acceptors (Lipinski definition) is 5. The molecule has 0 radical (unpaired) electrons. The summed E-state index contributed by atoms with van der Waals surface area (Å²) in [6, 6.07) is 11.4. The van der Waals surface area contributed by atoms with Crippen molar-refractivity contribution < 1.29 is 19.1 Å². The number of likely N-dealkylation sites (tertiary alicyclic amines) is 1.